The Morgan fingerprint density at radius 3 is 2.62 bits per heavy atom. The van der Waals surface area contributed by atoms with Crippen molar-refractivity contribution in [3.8, 4) is 6.07 Å². The molecule has 0 radical (unpaired) electrons. The van der Waals surface area contributed by atoms with Gasteiger partial charge in [0.05, 0.1) is 18.2 Å². The summed E-state index contributed by atoms with van der Waals surface area (Å²) in [5.41, 5.74) is 1.75. The average molecular weight is 288 g/mol. The Hall–Kier alpha value is -2.06. The second-order valence-corrected chi connectivity index (χ2v) is 4.48. The van der Waals surface area contributed by atoms with Crippen LogP contribution in [0, 0.1) is 11.3 Å². The number of rotatable bonds is 8. The minimum atomic E-state index is 0.590. The molecule has 0 fully saturated rings. The van der Waals surface area contributed by atoms with E-state index in [1.807, 2.05) is 38.1 Å². The van der Waals surface area contributed by atoms with Crippen molar-refractivity contribution in [3.63, 3.8) is 0 Å². The molecule has 0 amide bonds. The van der Waals surface area contributed by atoms with Gasteiger partial charge in [0.2, 0.25) is 0 Å². The van der Waals surface area contributed by atoms with Crippen LogP contribution < -0.4 is 10.6 Å². The summed E-state index contributed by atoms with van der Waals surface area (Å²) in [7, 11) is 0. The first-order chi connectivity index (χ1) is 10.3. The molecule has 0 aliphatic heterocycles. The van der Waals surface area contributed by atoms with Gasteiger partial charge in [0.25, 0.3) is 0 Å². The van der Waals surface area contributed by atoms with Crippen molar-refractivity contribution in [3.05, 3.63) is 35.4 Å². The van der Waals surface area contributed by atoms with Gasteiger partial charge in [0, 0.05) is 26.3 Å². The minimum Gasteiger partial charge on any atom is -0.382 e. The molecule has 0 aliphatic carbocycles. The fourth-order valence-corrected chi connectivity index (χ4v) is 1.72. The van der Waals surface area contributed by atoms with E-state index >= 15 is 0 Å². The highest BCUT2D eigenvalue weighted by atomic mass is 16.5. The third kappa shape index (κ3) is 7.33. The standard InChI is InChI=1S/C16H24N4O/c1-3-18-16(19-10-5-11-21-4-2)20-13-15-8-6-14(12-17)7-9-15/h6-9H,3-5,10-11,13H2,1-2H3,(H2,18,19,20). The summed E-state index contributed by atoms with van der Waals surface area (Å²) < 4.78 is 5.30. The van der Waals surface area contributed by atoms with Crippen LogP contribution in [-0.4, -0.2) is 32.3 Å². The molecule has 0 atom stereocenters. The third-order valence-electron chi connectivity index (χ3n) is 2.81. The number of hydrogen-bond donors (Lipinski definition) is 2. The zero-order chi connectivity index (χ0) is 15.3. The van der Waals surface area contributed by atoms with Crippen LogP contribution in [0.1, 0.15) is 31.4 Å². The van der Waals surface area contributed by atoms with Crippen LogP contribution in [0.3, 0.4) is 0 Å². The number of aliphatic imine (C=N–C) groups is 1. The van der Waals surface area contributed by atoms with Gasteiger partial charge in [-0.2, -0.15) is 5.26 Å². The first-order valence-corrected chi connectivity index (χ1v) is 7.39. The Morgan fingerprint density at radius 1 is 1.24 bits per heavy atom. The number of nitriles is 1. The summed E-state index contributed by atoms with van der Waals surface area (Å²) in [5.74, 6) is 0.804. The predicted octanol–water partition coefficient (Wildman–Crippen LogP) is 2.04. The summed E-state index contributed by atoms with van der Waals surface area (Å²) in [5, 5.41) is 15.3. The van der Waals surface area contributed by atoms with Crippen LogP contribution in [0.25, 0.3) is 0 Å². The molecule has 1 aromatic carbocycles. The lowest BCUT2D eigenvalue weighted by Gasteiger charge is -2.11. The monoisotopic (exact) mass is 288 g/mol. The molecule has 2 N–H and O–H groups in total. The van der Waals surface area contributed by atoms with E-state index in [1.54, 1.807) is 0 Å². The molecule has 0 aromatic heterocycles. The Bertz CT molecular complexity index is 462. The van der Waals surface area contributed by atoms with Gasteiger partial charge in [-0.3, -0.25) is 0 Å². The van der Waals surface area contributed by atoms with Gasteiger partial charge in [-0.15, -0.1) is 0 Å². The molecular formula is C16H24N4O. The number of nitrogens with zero attached hydrogens (tertiary/aromatic N) is 2. The maximum absolute atomic E-state index is 8.77. The van der Waals surface area contributed by atoms with Crippen molar-refractivity contribution in [1.82, 2.24) is 10.6 Å². The number of ether oxygens (including phenoxy) is 1. The van der Waals surface area contributed by atoms with Gasteiger partial charge >= 0.3 is 0 Å². The summed E-state index contributed by atoms with van der Waals surface area (Å²) >= 11 is 0. The highest BCUT2D eigenvalue weighted by Crippen LogP contribution is 2.04. The molecule has 0 heterocycles. The SMILES string of the molecule is CCNC(=NCc1ccc(C#N)cc1)NCCCOCC. The molecule has 5 heteroatoms. The fraction of sp³-hybridized carbons (Fsp3) is 0.500. The van der Waals surface area contributed by atoms with Crippen molar-refractivity contribution in [2.75, 3.05) is 26.3 Å². The van der Waals surface area contributed by atoms with Crippen molar-refractivity contribution in [2.24, 2.45) is 4.99 Å². The van der Waals surface area contributed by atoms with E-state index in [4.69, 9.17) is 10.00 Å². The van der Waals surface area contributed by atoms with Crippen LogP contribution in [0.2, 0.25) is 0 Å². The second-order valence-electron chi connectivity index (χ2n) is 4.48. The molecule has 0 bridgehead atoms. The van der Waals surface area contributed by atoms with Crippen LogP contribution >= 0.6 is 0 Å². The highest BCUT2D eigenvalue weighted by Gasteiger charge is 1.98. The lowest BCUT2D eigenvalue weighted by atomic mass is 10.1. The summed E-state index contributed by atoms with van der Waals surface area (Å²) in [6.07, 6.45) is 0.953. The highest BCUT2D eigenvalue weighted by molar-refractivity contribution is 5.79. The zero-order valence-electron chi connectivity index (χ0n) is 12.9. The number of guanidine groups is 1. The first-order valence-electron chi connectivity index (χ1n) is 7.39. The summed E-state index contributed by atoms with van der Waals surface area (Å²) in [6.45, 7) is 7.80. The predicted molar refractivity (Wildman–Crippen MR) is 85.1 cm³/mol. The fourth-order valence-electron chi connectivity index (χ4n) is 1.72. The molecule has 0 spiro atoms. The van der Waals surface area contributed by atoms with E-state index in [0.717, 1.165) is 44.2 Å². The molecule has 21 heavy (non-hydrogen) atoms. The molecule has 1 rings (SSSR count). The summed E-state index contributed by atoms with van der Waals surface area (Å²) in [6, 6.07) is 9.60. The molecule has 1 aromatic rings. The molecule has 0 unspecified atom stereocenters. The summed E-state index contributed by atoms with van der Waals surface area (Å²) in [4.78, 5) is 4.53. The zero-order valence-corrected chi connectivity index (χ0v) is 12.9. The van der Waals surface area contributed by atoms with Gasteiger partial charge in [0.15, 0.2) is 5.96 Å². The minimum absolute atomic E-state index is 0.590. The van der Waals surface area contributed by atoms with Crippen molar-refractivity contribution in [1.29, 1.82) is 5.26 Å². The quantitative estimate of drug-likeness (QED) is 0.436. The van der Waals surface area contributed by atoms with E-state index in [0.29, 0.717) is 12.1 Å². The Kier molecular flexibility index (Phi) is 8.65. The van der Waals surface area contributed by atoms with Gasteiger partial charge < -0.3 is 15.4 Å². The maximum Gasteiger partial charge on any atom is 0.191 e. The average Bonchev–Trinajstić information content (AvgIpc) is 2.52. The Balaban J connectivity index is 2.44. The van der Waals surface area contributed by atoms with E-state index in [9.17, 15) is 0 Å². The van der Waals surface area contributed by atoms with Crippen LogP contribution in [-0.2, 0) is 11.3 Å². The number of nitrogens with one attached hydrogen (secondary N) is 2. The molecule has 0 aliphatic rings. The lowest BCUT2D eigenvalue weighted by Crippen LogP contribution is -2.38. The van der Waals surface area contributed by atoms with Gasteiger partial charge in [-0.05, 0) is 38.0 Å². The molecule has 0 saturated heterocycles. The van der Waals surface area contributed by atoms with E-state index in [-0.39, 0.29) is 0 Å². The van der Waals surface area contributed by atoms with Gasteiger partial charge in [0.1, 0.15) is 0 Å². The van der Waals surface area contributed by atoms with Crippen LogP contribution in [0.4, 0.5) is 0 Å². The van der Waals surface area contributed by atoms with Crippen molar-refractivity contribution in [2.45, 2.75) is 26.8 Å². The molecule has 114 valence electrons. The second kappa shape index (κ2) is 10.7. The van der Waals surface area contributed by atoms with E-state index < -0.39 is 0 Å². The largest absolute Gasteiger partial charge is 0.382 e. The normalized spacial score (nSPS) is 11.0. The molecule has 0 saturated carbocycles. The molecular weight excluding hydrogens is 264 g/mol. The van der Waals surface area contributed by atoms with E-state index in [2.05, 4.69) is 21.7 Å². The maximum atomic E-state index is 8.77. The number of benzene rings is 1. The number of hydrogen-bond acceptors (Lipinski definition) is 3. The van der Waals surface area contributed by atoms with E-state index in [1.165, 1.54) is 0 Å². The van der Waals surface area contributed by atoms with Crippen molar-refractivity contribution >= 4 is 5.96 Å². The topological polar surface area (TPSA) is 69.4 Å². The third-order valence-corrected chi connectivity index (χ3v) is 2.81. The lowest BCUT2D eigenvalue weighted by molar-refractivity contribution is 0.145. The smallest absolute Gasteiger partial charge is 0.191 e. The van der Waals surface area contributed by atoms with Crippen LogP contribution in [0.15, 0.2) is 29.3 Å². The van der Waals surface area contributed by atoms with Crippen molar-refractivity contribution < 1.29 is 4.74 Å². The first kappa shape index (κ1) is 17.0. The molecule has 5 nitrogen and oxygen atoms in total. The van der Waals surface area contributed by atoms with Gasteiger partial charge in [-0.1, -0.05) is 12.1 Å². The Labute approximate surface area is 127 Å². The van der Waals surface area contributed by atoms with Gasteiger partial charge in [-0.25, -0.2) is 4.99 Å². The van der Waals surface area contributed by atoms with Crippen LogP contribution in [0.5, 0.6) is 0 Å². The Morgan fingerprint density at radius 2 is 2.00 bits per heavy atom.